The number of aromatic nitrogens is 2. The molecule has 170 valence electrons. The van der Waals surface area contributed by atoms with Crippen LogP contribution in [0.25, 0.3) is 10.2 Å². The molecule has 1 aliphatic heterocycles. The molecule has 2 aliphatic rings. The summed E-state index contributed by atoms with van der Waals surface area (Å²) in [6.07, 6.45) is 1.20. The van der Waals surface area contributed by atoms with Gasteiger partial charge in [0.15, 0.2) is 0 Å². The number of rotatable bonds is 5. The minimum absolute atomic E-state index is 0.178. The number of thiophene rings is 1. The second-order valence-corrected chi connectivity index (χ2v) is 9.50. The Labute approximate surface area is 183 Å². The molecule has 2 aromatic rings. The zero-order valence-electron chi connectivity index (χ0n) is 17.5. The summed E-state index contributed by atoms with van der Waals surface area (Å²) in [6.45, 7) is 2.38. The Morgan fingerprint density at radius 1 is 1.23 bits per heavy atom. The molecular weight excluding hydrogens is 429 g/mol. The molecule has 4 rings (SSSR count). The van der Waals surface area contributed by atoms with Crippen LogP contribution in [0.1, 0.15) is 37.0 Å². The minimum atomic E-state index is -4.25. The molecule has 1 saturated heterocycles. The van der Waals surface area contributed by atoms with Crippen molar-refractivity contribution in [3.8, 4) is 0 Å². The van der Waals surface area contributed by atoms with E-state index < -0.39 is 12.6 Å². The molecular formula is C21H27F3N4O2S. The first-order chi connectivity index (χ1) is 14.8. The topological polar surface area (TPSA) is 58.6 Å². The fourth-order valence-electron chi connectivity index (χ4n) is 4.61. The third kappa shape index (κ3) is 5.46. The Kier molecular flexibility index (Phi) is 6.66. The molecule has 1 aliphatic carbocycles. The number of carbonyl (C=O) groups is 1. The Hall–Kier alpha value is -1.94. The monoisotopic (exact) mass is 456 g/mol. The van der Waals surface area contributed by atoms with Gasteiger partial charge in [0.2, 0.25) is 5.91 Å². The van der Waals surface area contributed by atoms with Crippen molar-refractivity contribution in [3.05, 3.63) is 17.3 Å². The van der Waals surface area contributed by atoms with E-state index in [1.165, 1.54) is 6.33 Å². The van der Waals surface area contributed by atoms with Crippen LogP contribution in [0, 0.1) is 5.92 Å². The summed E-state index contributed by atoms with van der Waals surface area (Å²) in [5.41, 5.74) is 0. The highest BCUT2D eigenvalue weighted by atomic mass is 32.1. The minimum Gasteiger partial charge on any atom is -0.381 e. The van der Waals surface area contributed by atoms with E-state index in [1.54, 1.807) is 13.2 Å². The number of nitrogens with zero attached hydrogens (tertiary/aromatic N) is 4. The lowest BCUT2D eigenvalue weighted by Gasteiger charge is -2.37. The SMILES string of the molecule is COC1CCCC(CC(=O)N2CCN(c3ncnc4sc(CC(F)(F)F)cc34)CC2)C1. The highest BCUT2D eigenvalue weighted by molar-refractivity contribution is 7.18. The van der Waals surface area contributed by atoms with E-state index in [2.05, 4.69) is 9.97 Å². The largest absolute Gasteiger partial charge is 0.393 e. The lowest BCUT2D eigenvalue weighted by atomic mass is 9.84. The summed E-state index contributed by atoms with van der Waals surface area (Å²) < 4.78 is 43.8. The maximum absolute atomic E-state index is 12.8. The Morgan fingerprint density at radius 2 is 2.00 bits per heavy atom. The predicted molar refractivity (Wildman–Crippen MR) is 113 cm³/mol. The first-order valence-electron chi connectivity index (χ1n) is 10.7. The zero-order valence-corrected chi connectivity index (χ0v) is 18.3. The number of alkyl halides is 3. The van der Waals surface area contributed by atoms with Gasteiger partial charge in [0, 0.05) is 44.6 Å². The van der Waals surface area contributed by atoms with Crippen molar-refractivity contribution in [2.24, 2.45) is 5.92 Å². The molecule has 0 N–H and O–H groups in total. The van der Waals surface area contributed by atoms with Crippen molar-refractivity contribution in [1.29, 1.82) is 0 Å². The van der Waals surface area contributed by atoms with Crippen LogP contribution in [0.2, 0.25) is 0 Å². The molecule has 0 spiro atoms. The second-order valence-electron chi connectivity index (χ2n) is 8.38. The van der Waals surface area contributed by atoms with Crippen molar-refractivity contribution in [1.82, 2.24) is 14.9 Å². The molecule has 1 amide bonds. The number of hydrogen-bond acceptors (Lipinski definition) is 6. The summed E-state index contributed by atoms with van der Waals surface area (Å²) in [5, 5.41) is 0.652. The Bertz CT molecular complexity index is 912. The first-order valence-corrected chi connectivity index (χ1v) is 11.5. The Morgan fingerprint density at radius 3 is 2.71 bits per heavy atom. The number of hydrogen-bond donors (Lipinski definition) is 0. The summed E-state index contributed by atoms with van der Waals surface area (Å²) >= 11 is 1.06. The molecule has 1 saturated carbocycles. The first kappa shape index (κ1) is 22.3. The molecule has 2 atom stereocenters. The third-order valence-corrected chi connectivity index (χ3v) is 7.24. The van der Waals surface area contributed by atoms with E-state index in [1.807, 2.05) is 9.80 Å². The van der Waals surface area contributed by atoms with Crippen LogP contribution in [0.4, 0.5) is 19.0 Å². The van der Waals surface area contributed by atoms with E-state index in [0.29, 0.717) is 54.6 Å². The van der Waals surface area contributed by atoms with Gasteiger partial charge in [-0.15, -0.1) is 11.3 Å². The molecule has 0 aromatic carbocycles. The molecule has 6 nitrogen and oxygen atoms in total. The van der Waals surface area contributed by atoms with Gasteiger partial charge in [-0.1, -0.05) is 6.42 Å². The molecule has 0 radical (unpaired) electrons. The van der Waals surface area contributed by atoms with Crippen LogP contribution < -0.4 is 4.90 Å². The fourth-order valence-corrected chi connectivity index (χ4v) is 5.64. The van der Waals surface area contributed by atoms with Gasteiger partial charge in [-0.05, 0) is 31.2 Å². The molecule has 2 fully saturated rings. The number of carbonyl (C=O) groups excluding carboxylic acids is 1. The Balaban J connectivity index is 1.37. The number of amides is 1. The summed E-state index contributed by atoms with van der Waals surface area (Å²) in [7, 11) is 1.73. The second kappa shape index (κ2) is 9.28. The van der Waals surface area contributed by atoms with Crippen molar-refractivity contribution in [2.45, 2.75) is 50.8 Å². The summed E-state index contributed by atoms with van der Waals surface area (Å²) in [6, 6.07) is 1.55. The smallest absolute Gasteiger partial charge is 0.381 e. The number of methoxy groups -OCH3 is 1. The van der Waals surface area contributed by atoms with Gasteiger partial charge in [-0.25, -0.2) is 9.97 Å². The third-order valence-electron chi connectivity index (χ3n) is 6.20. The van der Waals surface area contributed by atoms with Crippen LogP contribution in [-0.4, -0.2) is 66.3 Å². The van der Waals surface area contributed by atoms with Gasteiger partial charge in [0.25, 0.3) is 0 Å². The summed E-state index contributed by atoms with van der Waals surface area (Å²) in [4.78, 5) is 26.0. The fraction of sp³-hybridized carbons (Fsp3) is 0.667. The van der Waals surface area contributed by atoms with Crippen molar-refractivity contribution >= 4 is 33.3 Å². The van der Waals surface area contributed by atoms with Crippen molar-refractivity contribution in [2.75, 3.05) is 38.2 Å². The van der Waals surface area contributed by atoms with E-state index in [-0.39, 0.29) is 16.9 Å². The van der Waals surface area contributed by atoms with E-state index in [4.69, 9.17) is 4.74 Å². The van der Waals surface area contributed by atoms with Crippen molar-refractivity contribution in [3.63, 3.8) is 0 Å². The number of anilines is 1. The zero-order chi connectivity index (χ0) is 22.0. The molecule has 2 unspecified atom stereocenters. The summed E-state index contributed by atoms with van der Waals surface area (Å²) in [5.74, 6) is 1.21. The molecule has 0 bridgehead atoms. The van der Waals surface area contributed by atoms with Gasteiger partial charge in [0.1, 0.15) is 17.0 Å². The van der Waals surface area contributed by atoms with Crippen LogP contribution in [-0.2, 0) is 16.0 Å². The van der Waals surface area contributed by atoms with Crippen LogP contribution in [0.3, 0.4) is 0 Å². The lowest BCUT2D eigenvalue weighted by molar-refractivity contribution is -0.133. The van der Waals surface area contributed by atoms with Crippen LogP contribution in [0.15, 0.2) is 12.4 Å². The quantitative estimate of drug-likeness (QED) is 0.680. The van der Waals surface area contributed by atoms with E-state index in [0.717, 1.165) is 37.0 Å². The average Bonchev–Trinajstić information content (AvgIpc) is 3.14. The molecule has 10 heteroatoms. The lowest BCUT2D eigenvalue weighted by Crippen LogP contribution is -2.49. The van der Waals surface area contributed by atoms with E-state index >= 15 is 0 Å². The molecule has 3 heterocycles. The highest BCUT2D eigenvalue weighted by Crippen LogP contribution is 2.34. The van der Waals surface area contributed by atoms with Gasteiger partial charge in [0.05, 0.1) is 17.9 Å². The number of halogens is 3. The average molecular weight is 457 g/mol. The van der Waals surface area contributed by atoms with Crippen LogP contribution in [0.5, 0.6) is 0 Å². The van der Waals surface area contributed by atoms with Gasteiger partial charge >= 0.3 is 6.18 Å². The number of fused-ring (bicyclic) bond motifs is 1. The molecule has 2 aromatic heterocycles. The standard InChI is InChI=1S/C21H27F3N4O2S/c1-30-15-4-2-3-14(9-15)10-18(29)27-5-7-28(8-6-27)19-17-11-16(12-21(22,23)24)31-20(17)26-13-25-19/h11,13-15H,2-10,12H2,1H3. The number of piperazine rings is 1. The maximum Gasteiger partial charge on any atom is 0.393 e. The van der Waals surface area contributed by atoms with Gasteiger partial charge in [-0.2, -0.15) is 13.2 Å². The van der Waals surface area contributed by atoms with Crippen molar-refractivity contribution < 1.29 is 22.7 Å². The van der Waals surface area contributed by atoms with Gasteiger partial charge in [-0.3, -0.25) is 4.79 Å². The number of ether oxygens (including phenoxy) is 1. The normalized spacial score (nSPS) is 22.8. The predicted octanol–water partition coefficient (Wildman–Crippen LogP) is 4.04. The highest BCUT2D eigenvalue weighted by Gasteiger charge is 2.30. The maximum atomic E-state index is 12.8. The van der Waals surface area contributed by atoms with Gasteiger partial charge < -0.3 is 14.5 Å². The van der Waals surface area contributed by atoms with E-state index in [9.17, 15) is 18.0 Å². The van der Waals surface area contributed by atoms with Crippen LogP contribution >= 0.6 is 11.3 Å². The molecule has 31 heavy (non-hydrogen) atoms.